The topological polar surface area (TPSA) is 58.7 Å². The highest BCUT2D eigenvalue weighted by Gasteiger charge is 2.14. The number of hydrogen-bond donors (Lipinski definition) is 0. The predicted molar refractivity (Wildman–Crippen MR) is 74.6 cm³/mol. The van der Waals surface area contributed by atoms with Crippen LogP contribution in [0.25, 0.3) is 0 Å². The van der Waals surface area contributed by atoms with E-state index in [-0.39, 0.29) is 10.6 Å². The Hall–Kier alpha value is -1.56. The second kappa shape index (κ2) is 5.39. The number of nitro groups is 1. The van der Waals surface area contributed by atoms with Crippen LogP contribution in [0.1, 0.15) is 12.0 Å². The Kier molecular flexibility index (Phi) is 3.86. The first kappa shape index (κ1) is 12.9. The maximum absolute atomic E-state index is 10.7. The summed E-state index contributed by atoms with van der Waals surface area (Å²) in [4.78, 5) is 17.0. The molecule has 0 unspecified atom stereocenters. The molecule has 18 heavy (non-hydrogen) atoms. The summed E-state index contributed by atoms with van der Waals surface area (Å²) < 4.78 is 0. The fraction of sp³-hybridized carbons (Fsp3) is 0.417. The van der Waals surface area contributed by atoms with Gasteiger partial charge in [-0.25, -0.2) is 4.99 Å². The van der Waals surface area contributed by atoms with Crippen LogP contribution >= 0.6 is 11.8 Å². The molecule has 6 heteroatoms. The number of non-ortho nitro benzene ring substituents is 1. The molecule has 0 N–H and O–H groups in total. The van der Waals surface area contributed by atoms with Crippen molar-refractivity contribution < 1.29 is 4.92 Å². The second-order valence-electron chi connectivity index (χ2n) is 4.25. The maximum atomic E-state index is 10.7. The Labute approximate surface area is 110 Å². The van der Waals surface area contributed by atoms with Gasteiger partial charge in [0.05, 0.1) is 10.6 Å². The van der Waals surface area contributed by atoms with Gasteiger partial charge in [-0.05, 0) is 25.0 Å². The highest BCUT2D eigenvalue weighted by atomic mass is 32.2. The number of aryl methyl sites for hydroxylation is 1. The summed E-state index contributed by atoms with van der Waals surface area (Å²) in [5.41, 5.74) is 1.74. The van der Waals surface area contributed by atoms with Gasteiger partial charge < -0.3 is 4.90 Å². The maximum Gasteiger partial charge on any atom is 0.269 e. The van der Waals surface area contributed by atoms with E-state index in [1.54, 1.807) is 23.9 Å². The zero-order chi connectivity index (χ0) is 13.1. The minimum absolute atomic E-state index is 0.112. The first-order valence-electron chi connectivity index (χ1n) is 5.75. The van der Waals surface area contributed by atoms with E-state index >= 15 is 0 Å². The number of nitrogens with zero attached hydrogens (tertiary/aromatic N) is 3. The predicted octanol–water partition coefficient (Wildman–Crippen LogP) is 2.96. The molecule has 1 saturated heterocycles. The Balaban J connectivity index is 2.28. The fourth-order valence-corrected chi connectivity index (χ4v) is 2.70. The van der Waals surface area contributed by atoms with Crippen molar-refractivity contribution in [2.24, 2.45) is 4.99 Å². The van der Waals surface area contributed by atoms with Crippen molar-refractivity contribution in [2.45, 2.75) is 13.3 Å². The Morgan fingerprint density at radius 1 is 1.50 bits per heavy atom. The van der Waals surface area contributed by atoms with Gasteiger partial charge in [0.1, 0.15) is 0 Å². The van der Waals surface area contributed by atoms with E-state index in [1.807, 2.05) is 14.0 Å². The molecule has 0 aromatic heterocycles. The highest BCUT2D eigenvalue weighted by molar-refractivity contribution is 8.13. The van der Waals surface area contributed by atoms with Gasteiger partial charge in [0.2, 0.25) is 0 Å². The molecule has 1 heterocycles. The summed E-state index contributed by atoms with van der Waals surface area (Å²) in [6, 6.07) is 4.77. The molecule has 1 aromatic rings. The Morgan fingerprint density at radius 2 is 2.28 bits per heavy atom. The molecule has 0 bridgehead atoms. The van der Waals surface area contributed by atoms with Gasteiger partial charge >= 0.3 is 0 Å². The number of amidine groups is 1. The number of nitro benzene ring substituents is 1. The number of hydrogen-bond acceptors (Lipinski definition) is 4. The largest absolute Gasteiger partial charge is 0.354 e. The second-order valence-corrected chi connectivity index (χ2v) is 5.31. The van der Waals surface area contributed by atoms with Crippen molar-refractivity contribution in [3.05, 3.63) is 33.9 Å². The lowest BCUT2D eigenvalue weighted by Gasteiger charge is -2.25. The van der Waals surface area contributed by atoms with Crippen LogP contribution in [0.15, 0.2) is 23.2 Å². The standard InChI is InChI=1S/C12H15N3O2S/c1-9-8-10(15(16)17)4-5-11(9)13-12-14(2)6-3-7-18-12/h4-5,8H,3,6-7H2,1-2H3. The molecule has 0 saturated carbocycles. The van der Waals surface area contributed by atoms with E-state index in [2.05, 4.69) is 9.89 Å². The summed E-state index contributed by atoms with van der Waals surface area (Å²) in [5, 5.41) is 11.6. The van der Waals surface area contributed by atoms with Crippen molar-refractivity contribution in [3.8, 4) is 0 Å². The molecule has 1 aliphatic rings. The number of aliphatic imine (C=N–C) groups is 1. The van der Waals surface area contributed by atoms with Crippen LogP contribution in [0, 0.1) is 17.0 Å². The molecule has 2 rings (SSSR count). The molecule has 96 valence electrons. The SMILES string of the molecule is Cc1cc([N+](=O)[O-])ccc1N=C1SCCCN1C. The van der Waals surface area contributed by atoms with E-state index < -0.39 is 0 Å². The van der Waals surface area contributed by atoms with E-state index in [1.165, 1.54) is 12.5 Å². The molecule has 1 aliphatic heterocycles. The molecular weight excluding hydrogens is 250 g/mol. The molecule has 0 atom stereocenters. The summed E-state index contributed by atoms with van der Waals surface area (Å²) >= 11 is 1.73. The zero-order valence-electron chi connectivity index (χ0n) is 10.4. The summed E-state index contributed by atoms with van der Waals surface area (Å²) in [6.07, 6.45) is 1.17. The van der Waals surface area contributed by atoms with Crippen molar-refractivity contribution in [3.63, 3.8) is 0 Å². The lowest BCUT2D eigenvalue weighted by atomic mass is 10.2. The van der Waals surface area contributed by atoms with Gasteiger partial charge in [-0.1, -0.05) is 11.8 Å². The number of benzene rings is 1. The van der Waals surface area contributed by atoms with Crippen LogP contribution in [0.5, 0.6) is 0 Å². The van der Waals surface area contributed by atoms with Gasteiger partial charge in [0.15, 0.2) is 5.17 Å². The van der Waals surface area contributed by atoms with Crippen LogP contribution in [0.4, 0.5) is 11.4 Å². The average molecular weight is 265 g/mol. The van der Waals surface area contributed by atoms with Gasteiger partial charge in [-0.3, -0.25) is 10.1 Å². The number of rotatable bonds is 2. The third-order valence-corrected chi connectivity index (χ3v) is 3.96. The van der Waals surface area contributed by atoms with Crippen LogP contribution in [-0.2, 0) is 0 Å². The summed E-state index contributed by atoms with van der Waals surface area (Å²) in [5.74, 6) is 1.08. The van der Waals surface area contributed by atoms with Crippen molar-refractivity contribution >= 4 is 28.3 Å². The Bertz CT molecular complexity index is 502. The smallest absolute Gasteiger partial charge is 0.269 e. The normalized spacial score (nSPS) is 18.1. The van der Waals surface area contributed by atoms with Crippen molar-refractivity contribution in [1.29, 1.82) is 0 Å². The van der Waals surface area contributed by atoms with E-state index in [9.17, 15) is 10.1 Å². The molecule has 0 radical (unpaired) electrons. The van der Waals surface area contributed by atoms with Gasteiger partial charge in [0, 0.05) is 31.5 Å². The molecule has 5 nitrogen and oxygen atoms in total. The van der Waals surface area contributed by atoms with E-state index in [0.29, 0.717) is 0 Å². The average Bonchev–Trinajstić information content (AvgIpc) is 2.34. The fourth-order valence-electron chi connectivity index (χ4n) is 1.77. The van der Waals surface area contributed by atoms with E-state index in [4.69, 9.17) is 0 Å². The minimum Gasteiger partial charge on any atom is -0.354 e. The van der Waals surface area contributed by atoms with Gasteiger partial charge in [-0.2, -0.15) is 0 Å². The van der Waals surface area contributed by atoms with Crippen molar-refractivity contribution in [2.75, 3.05) is 19.3 Å². The molecule has 1 fully saturated rings. The summed E-state index contributed by atoms with van der Waals surface area (Å²) in [7, 11) is 2.02. The monoisotopic (exact) mass is 265 g/mol. The lowest BCUT2D eigenvalue weighted by molar-refractivity contribution is -0.384. The van der Waals surface area contributed by atoms with Crippen LogP contribution in [-0.4, -0.2) is 34.3 Å². The molecular formula is C12H15N3O2S. The third-order valence-electron chi connectivity index (χ3n) is 2.80. The van der Waals surface area contributed by atoms with Gasteiger partial charge in [0.25, 0.3) is 5.69 Å². The lowest BCUT2D eigenvalue weighted by Crippen LogP contribution is -2.29. The van der Waals surface area contributed by atoms with Gasteiger partial charge in [-0.15, -0.1) is 0 Å². The zero-order valence-corrected chi connectivity index (χ0v) is 11.2. The van der Waals surface area contributed by atoms with Crippen LogP contribution < -0.4 is 0 Å². The van der Waals surface area contributed by atoms with Crippen molar-refractivity contribution in [1.82, 2.24) is 4.90 Å². The first-order valence-corrected chi connectivity index (χ1v) is 6.74. The number of thioether (sulfide) groups is 1. The van der Waals surface area contributed by atoms with E-state index in [0.717, 1.165) is 28.7 Å². The Morgan fingerprint density at radius 3 is 2.89 bits per heavy atom. The quantitative estimate of drug-likeness (QED) is 0.609. The molecule has 0 spiro atoms. The molecule has 1 aromatic carbocycles. The summed E-state index contributed by atoms with van der Waals surface area (Å²) in [6.45, 7) is 2.86. The molecule has 0 amide bonds. The third kappa shape index (κ3) is 2.81. The first-order chi connectivity index (χ1) is 8.58. The molecule has 0 aliphatic carbocycles. The van der Waals surface area contributed by atoms with Crippen LogP contribution in [0.2, 0.25) is 0 Å². The minimum atomic E-state index is -0.384. The van der Waals surface area contributed by atoms with Crippen LogP contribution in [0.3, 0.4) is 0 Å². The highest BCUT2D eigenvalue weighted by Crippen LogP contribution is 2.26.